The van der Waals surface area contributed by atoms with E-state index in [0.717, 1.165) is 0 Å². The molecule has 60 valence electrons. The van der Waals surface area contributed by atoms with Crippen molar-refractivity contribution < 1.29 is 9.13 Å². The molecule has 0 spiro atoms. The summed E-state index contributed by atoms with van der Waals surface area (Å²) < 4.78 is 18.0. The van der Waals surface area contributed by atoms with Gasteiger partial charge in [-0.2, -0.15) is 0 Å². The summed E-state index contributed by atoms with van der Waals surface area (Å²) in [5.41, 5.74) is 0.510. The van der Waals surface area contributed by atoms with Crippen LogP contribution in [0.2, 0.25) is 0 Å². The Morgan fingerprint density at radius 2 is 2.27 bits per heavy atom. The lowest BCUT2D eigenvalue weighted by molar-refractivity contribution is 0.319. The van der Waals surface area contributed by atoms with Gasteiger partial charge in [0, 0.05) is 11.8 Å². The second-order valence-corrected chi connectivity index (χ2v) is 2.20. The number of aryl methyl sites for hydroxylation is 1. The van der Waals surface area contributed by atoms with Gasteiger partial charge in [0.15, 0.2) is 11.6 Å². The Morgan fingerprint density at radius 1 is 1.55 bits per heavy atom. The van der Waals surface area contributed by atoms with Gasteiger partial charge in [0.25, 0.3) is 0 Å². The Hall–Kier alpha value is -1.12. The molecule has 2 nitrogen and oxygen atoms in total. The van der Waals surface area contributed by atoms with Gasteiger partial charge in [0.05, 0.1) is 12.8 Å². The van der Waals surface area contributed by atoms with Crippen molar-refractivity contribution in [1.82, 2.24) is 4.98 Å². The van der Waals surface area contributed by atoms with Gasteiger partial charge in [0.1, 0.15) is 0 Å². The van der Waals surface area contributed by atoms with E-state index in [1.54, 1.807) is 6.92 Å². The number of ether oxygens (including phenoxy) is 1. The Kier molecular flexibility index (Phi) is 2.41. The first-order valence-corrected chi connectivity index (χ1v) is 3.48. The minimum atomic E-state index is -0.318. The fourth-order valence-electron chi connectivity index (χ4n) is 0.781. The third-order valence-electron chi connectivity index (χ3n) is 1.32. The van der Waals surface area contributed by atoms with E-state index < -0.39 is 0 Å². The highest BCUT2D eigenvalue weighted by molar-refractivity contribution is 5.25. The highest BCUT2D eigenvalue weighted by Gasteiger charge is 2.04. The molecule has 0 atom stereocenters. The van der Waals surface area contributed by atoms with Crippen molar-refractivity contribution in [3.63, 3.8) is 0 Å². The van der Waals surface area contributed by atoms with Crippen LogP contribution < -0.4 is 4.74 Å². The van der Waals surface area contributed by atoms with Crippen LogP contribution in [0.5, 0.6) is 5.75 Å². The minimum absolute atomic E-state index is 0.229. The number of rotatable bonds is 2. The first-order valence-electron chi connectivity index (χ1n) is 3.48. The largest absolute Gasteiger partial charge is 0.489 e. The zero-order chi connectivity index (χ0) is 8.27. The monoisotopic (exact) mass is 155 g/mol. The predicted octanol–water partition coefficient (Wildman–Crippen LogP) is 1.93. The molecule has 3 heteroatoms. The van der Waals surface area contributed by atoms with Crippen molar-refractivity contribution in [3.05, 3.63) is 23.8 Å². The molecule has 0 aliphatic heterocycles. The Morgan fingerprint density at radius 3 is 2.91 bits per heavy atom. The average Bonchev–Trinajstić information content (AvgIpc) is 1.99. The highest BCUT2D eigenvalue weighted by atomic mass is 19.1. The molecule has 1 aromatic heterocycles. The van der Waals surface area contributed by atoms with Crippen molar-refractivity contribution in [1.29, 1.82) is 0 Å². The maximum Gasteiger partial charge on any atom is 0.173 e. The Balaban J connectivity index is 2.96. The molecule has 11 heavy (non-hydrogen) atoms. The summed E-state index contributed by atoms with van der Waals surface area (Å²) in [6.07, 6.45) is 2.85. The van der Waals surface area contributed by atoms with Gasteiger partial charge in [-0.15, -0.1) is 0 Å². The molecule has 1 aromatic rings. The fraction of sp³-hybridized carbons (Fsp3) is 0.375. The van der Waals surface area contributed by atoms with E-state index in [2.05, 4.69) is 4.98 Å². The molecule has 1 rings (SSSR count). The van der Waals surface area contributed by atoms with E-state index in [-0.39, 0.29) is 11.6 Å². The molecule has 0 radical (unpaired) electrons. The fourth-order valence-corrected chi connectivity index (χ4v) is 0.781. The second kappa shape index (κ2) is 3.32. The molecular formula is C8H10FNO. The van der Waals surface area contributed by atoms with Crippen LogP contribution in [0.25, 0.3) is 0 Å². The molecule has 0 N–H and O–H groups in total. The van der Waals surface area contributed by atoms with Crippen LogP contribution in [0.4, 0.5) is 4.39 Å². The van der Waals surface area contributed by atoms with Gasteiger partial charge in [-0.05, 0) is 13.8 Å². The first kappa shape index (κ1) is 7.98. The van der Waals surface area contributed by atoms with Gasteiger partial charge in [-0.3, -0.25) is 4.98 Å². The lowest BCUT2D eigenvalue weighted by Crippen LogP contribution is -1.96. The molecule has 0 aliphatic carbocycles. The van der Waals surface area contributed by atoms with E-state index in [4.69, 9.17) is 4.74 Å². The van der Waals surface area contributed by atoms with Crippen molar-refractivity contribution in [3.8, 4) is 5.75 Å². The minimum Gasteiger partial charge on any atom is -0.489 e. The molecule has 0 saturated carbocycles. The maximum absolute atomic E-state index is 13.0. The molecule has 0 bridgehead atoms. The number of nitrogens with zero attached hydrogens (tertiary/aromatic N) is 1. The quantitative estimate of drug-likeness (QED) is 0.651. The van der Waals surface area contributed by atoms with Gasteiger partial charge < -0.3 is 4.74 Å². The lowest BCUT2D eigenvalue weighted by Gasteiger charge is -2.04. The van der Waals surface area contributed by atoms with Crippen molar-refractivity contribution in [2.24, 2.45) is 0 Å². The summed E-state index contributed by atoms with van der Waals surface area (Å²) in [6.45, 7) is 3.93. The summed E-state index contributed by atoms with van der Waals surface area (Å²) in [4.78, 5) is 3.80. The Bertz CT molecular complexity index is 250. The highest BCUT2D eigenvalue weighted by Crippen LogP contribution is 2.17. The van der Waals surface area contributed by atoms with E-state index in [1.807, 2.05) is 6.92 Å². The summed E-state index contributed by atoms with van der Waals surface area (Å²) in [5, 5.41) is 0. The topological polar surface area (TPSA) is 22.1 Å². The van der Waals surface area contributed by atoms with Gasteiger partial charge >= 0.3 is 0 Å². The third kappa shape index (κ3) is 1.67. The van der Waals surface area contributed by atoms with E-state index in [1.165, 1.54) is 12.4 Å². The zero-order valence-electron chi connectivity index (χ0n) is 6.60. The number of aromatic nitrogens is 1. The summed E-state index contributed by atoms with van der Waals surface area (Å²) in [7, 11) is 0. The van der Waals surface area contributed by atoms with Crippen molar-refractivity contribution in [2.45, 2.75) is 13.8 Å². The molecule has 0 amide bonds. The summed E-state index contributed by atoms with van der Waals surface area (Å²) in [6, 6.07) is 0. The predicted molar refractivity (Wildman–Crippen MR) is 40.1 cm³/mol. The van der Waals surface area contributed by atoms with Crippen molar-refractivity contribution in [2.75, 3.05) is 6.61 Å². The van der Waals surface area contributed by atoms with E-state index >= 15 is 0 Å². The normalized spacial score (nSPS) is 9.73. The molecule has 0 aliphatic rings. The number of hydrogen-bond donors (Lipinski definition) is 0. The van der Waals surface area contributed by atoms with Gasteiger partial charge in [-0.25, -0.2) is 4.39 Å². The standard InChI is InChI=1S/C8H10FNO/c1-3-11-7-5-10-4-6(2)8(7)9/h4-5H,3H2,1-2H3. The average molecular weight is 155 g/mol. The molecule has 0 unspecified atom stereocenters. The zero-order valence-corrected chi connectivity index (χ0v) is 6.60. The molecule has 0 aromatic carbocycles. The number of pyridine rings is 1. The second-order valence-electron chi connectivity index (χ2n) is 2.20. The SMILES string of the molecule is CCOc1cncc(C)c1F. The maximum atomic E-state index is 13.0. The van der Waals surface area contributed by atoms with Gasteiger partial charge in [-0.1, -0.05) is 0 Å². The summed E-state index contributed by atoms with van der Waals surface area (Å²) in [5.74, 6) is -0.0886. The third-order valence-corrected chi connectivity index (χ3v) is 1.32. The Labute approximate surface area is 65.0 Å². The van der Waals surface area contributed by atoms with E-state index in [0.29, 0.717) is 12.2 Å². The van der Waals surface area contributed by atoms with Crippen LogP contribution in [0.3, 0.4) is 0 Å². The van der Waals surface area contributed by atoms with Crippen LogP contribution in [-0.4, -0.2) is 11.6 Å². The molecule has 0 saturated heterocycles. The number of halogens is 1. The first-order chi connectivity index (χ1) is 5.25. The van der Waals surface area contributed by atoms with Crippen LogP contribution in [0.1, 0.15) is 12.5 Å². The lowest BCUT2D eigenvalue weighted by atomic mass is 10.3. The molecule has 1 heterocycles. The van der Waals surface area contributed by atoms with Crippen molar-refractivity contribution >= 4 is 0 Å². The summed E-state index contributed by atoms with van der Waals surface area (Å²) >= 11 is 0. The van der Waals surface area contributed by atoms with Crippen LogP contribution in [0.15, 0.2) is 12.4 Å². The van der Waals surface area contributed by atoms with E-state index in [9.17, 15) is 4.39 Å². The smallest absolute Gasteiger partial charge is 0.173 e. The number of hydrogen-bond acceptors (Lipinski definition) is 2. The van der Waals surface area contributed by atoms with Crippen LogP contribution in [0, 0.1) is 12.7 Å². The van der Waals surface area contributed by atoms with Gasteiger partial charge in [0.2, 0.25) is 0 Å². The van der Waals surface area contributed by atoms with Crippen LogP contribution >= 0.6 is 0 Å². The van der Waals surface area contributed by atoms with Crippen LogP contribution in [-0.2, 0) is 0 Å². The molecular weight excluding hydrogens is 145 g/mol. The molecule has 0 fully saturated rings.